The van der Waals surface area contributed by atoms with Gasteiger partial charge in [-0.05, 0) is 0 Å². The molecule has 1 fully saturated rings. The summed E-state index contributed by atoms with van der Waals surface area (Å²) in [6, 6.07) is 0. The molecule has 1 atom stereocenters. The molecule has 0 amide bonds. The van der Waals surface area contributed by atoms with E-state index in [0.717, 1.165) is 0 Å². The van der Waals surface area contributed by atoms with Gasteiger partial charge in [-0.15, -0.1) is 4.21 Å². The first-order valence-corrected chi connectivity index (χ1v) is 3.54. The van der Waals surface area contributed by atoms with Gasteiger partial charge >= 0.3 is 18.3 Å². The molecule has 6 heteroatoms. The van der Waals surface area contributed by atoms with Crippen LogP contribution in [0.3, 0.4) is 0 Å². The summed E-state index contributed by atoms with van der Waals surface area (Å²) in [4.78, 5) is 0. The SMILES string of the molecule is O=[P+]1OO[SiH2]O1. The zero-order chi connectivity index (χ0) is 4.41. The standard InChI is InChI=1S/H2O4PSi/c1-5-2-3-6-4-5/h6H2/q+1. The van der Waals surface area contributed by atoms with E-state index in [2.05, 4.69) is 13.5 Å². The molecule has 1 saturated heterocycles. The first kappa shape index (κ1) is 4.36. The topological polar surface area (TPSA) is 44.8 Å². The van der Waals surface area contributed by atoms with E-state index in [1.807, 2.05) is 0 Å². The van der Waals surface area contributed by atoms with Gasteiger partial charge in [0.1, 0.15) is 0 Å². The Bertz CT molecular complexity index is 61.9. The highest BCUT2D eigenvalue weighted by Crippen LogP contribution is 2.27. The van der Waals surface area contributed by atoms with Gasteiger partial charge in [0.25, 0.3) is 0 Å². The van der Waals surface area contributed by atoms with E-state index in [4.69, 9.17) is 0 Å². The maximum absolute atomic E-state index is 9.86. The molecule has 0 radical (unpaired) electrons. The summed E-state index contributed by atoms with van der Waals surface area (Å²) in [6.45, 7) is 0. The van der Waals surface area contributed by atoms with Crippen LogP contribution < -0.4 is 0 Å². The summed E-state index contributed by atoms with van der Waals surface area (Å²) in [7, 11) is -2.89. The minimum absolute atomic E-state index is 1.01. The maximum atomic E-state index is 9.86. The molecule has 0 bridgehead atoms. The molecular weight excluding hydrogens is 123 g/mol. The highest BCUT2D eigenvalue weighted by Gasteiger charge is 2.29. The van der Waals surface area contributed by atoms with Crippen molar-refractivity contribution in [3.8, 4) is 0 Å². The predicted molar refractivity (Wildman–Crippen MR) is 19.4 cm³/mol. The lowest BCUT2D eigenvalue weighted by Crippen LogP contribution is -1.81. The Labute approximate surface area is 37.3 Å². The fraction of sp³-hybridized carbons (Fsp3) is 0. The summed E-state index contributed by atoms with van der Waals surface area (Å²) < 4.78 is 22.4. The minimum Gasteiger partial charge on any atom is -0.206 e. The number of hydrogen-bond donors (Lipinski definition) is 0. The van der Waals surface area contributed by atoms with Crippen LogP contribution in [-0.4, -0.2) is 10.0 Å². The van der Waals surface area contributed by atoms with Gasteiger partial charge in [-0.3, -0.25) is 0 Å². The van der Waals surface area contributed by atoms with E-state index in [1.54, 1.807) is 0 Å². The van der Waals surface area contributed by atoms with Crippen molar-refractivity contribution in [2.75, 3.05) is 0 Å². The van der Waals surface area contributed by atoms with Gasteiger partial charge in [0.15, 0.2) is 0 Å². The van der Waals surface area contributed by atoms with Gasteiger partial charge in [0.05, 0.1) is 0 Å². The molecule has 1 rings (SSSR count). The highest BCUT2D eigenvalue weighted by atomic mass is 31.1. The van der Waals surface area contributed by atoms with Crippen molar-refractivity contribution in [2.24, 2.45) is 0 Å². The van der Waals surface area contributed by atoms with Crippen molar-refractivity contribution < 1.29 is 18.0 Å². The van der Waals surface area contributed by atoms with E-state index in [0.29, 0.717) is 0 Å². The van der Waals surface area contributed by atoms with Crippen molar-refractivity contribution in [2.45, 2.75) is 0 Å². The van der Waals surface area contributed by atoms with Crippen LogP contribution in [0.2, 0.25) is 0 Å². The van der Waals surface area contributed by atoms with Crippen LogP contribution in [0.15, 0.2) is 0 Å². The second-order valence-corrected chi connectivity index (χ2v) is 2.76. The molecular formula is H2O4PSi+. The zero-order valence-electron chi connectivity index (χ0n) is 2.79. The van der Waals surface area contributed by atoms with Crippen molar-refractivity contribution in [1.29, 1.82) is 0 Å². The monoisotopic (exact) mass is 125 g/mol. The van der Waals surface area contributed by atoms with E-state index >= 15 is 0 Å². The lowest BCUT2D eigenvalue weighted by atomic mass is 14.9. The van der Waals surface area contributed by atoms with Gasteiger partial charge < -0.3 is 0 Å². The average molecular weight is 125 g/mol. The largest absolute Gasteiger partial charge is 0.718 e. The molecule has 4 nitrogen and oxygen atoms in total. The molecule has 1 unspecified atom stereocenters. The molecule has 0 spiro atoms. The summed E-state index contributed by atoms with van der Waals surface area (Å²) in [5, 5.41) is 0. The summed E-state index contributed by atoms with van der Waals surface area (Å²) >= 11 is 0. The third-order valence-corrected chi connectivity index (χ3v) is 2.22. The van der Waals surface area contributed by atoms with Crippen LogP contribution in [0.4, 0.5) is 0 Å². The number of rotatable bonds is 0. The molecule has 0 aromatic heterocycles. The van der Waals surface area contributed by atoms with Crippen molar-refractivity contribution in [3.63, 3.8) is 0 Å². The fourth-order valence-corrected chi connectivity index (χ4v) is 1.36. The first-order valence-electron chi connectivity index (χ1n) is 1.29. The summed E-state index contributed by atoms with van der Waals surface area (Å²) in [5.74, 6) is 0. The molecule has 1 aliphatic rings. The molecule has 0 N–H and O–H groups in total. The zero-order valence-corrected chi connectivity index (χ0v) is 5.10. The molecule has 0 saturated carbocycles. The Morgan fingerprint density at radius 2 is 2.50 bits per heavy atom. The van der Waals surface area contributed by atoms with Crippen LogP contribution in [0.25, 0.3) is 0 Å². The second-order valence-electron chi connectivity index (χ2n) is 0.663. The maximum Gasteiger partial charge on any atom is 0.718 e. The summed E-state index contributed by atoms with van der Waals surface area (Å²) in [5.41, 5.74) is 0. The van der Waals surface area contributed by atoms with Crippen LogP contribution in [0.1, 0.15) is 0 Å². The third-order valence-electron chi connectivity index (χ3n) is 0.320. The Morgan fingerprint density at radius 1 is 1.67 bits per heavy atom. The van der Waals surface area contributed by atoms with Crippen LogP contribution in [-0.2, 0) is 18.0 Å². The van der Waals surface area contributed by atoms with Crippen LogP contribution >= 0.6 is 8.25 Å². The van der Waals surface area contributed by atoms with Crippen LogP contribution in [0, 0.1) is 0 Å². The highest BCUT2D eigenvalue weighted by molar-refractivity contribution is 7.35. The molecule has 6 heavy (non-hydrogen) atoms. The smallest absolute Gasteiger partial charge is 0.206 e. The molecule has 0 aliphatic carbocycles. The Balaban J connectivity index is 2.37. The Hall–Kier alpha value is 0.197. The van der Waals surface area contributed by atoms with Crippen LogP contribution in [0.5, 0.6) is 0 Å². The predicted octanol–water partition coefficient (Wildman–Crippen LogP) is -0.379. The van der Waals surface area contributed by atoms with Gasteiger partial charge in [-0.25, -0.2) is 4.58 Å². The van der Waals surface area contributed by atoms with Gasteiger partial charge in [-0.1, -0.05) is 0 Å². The first-order chi connectivity index (χ1) is 2.89. The Morgan fingerprint density at radius 3 is 2.67 bits per heavy atom. The third kappa shape index (κ3) is 0.828. The van der Waals surface area contributed by atoms with Gasteiger partial charge in [0.2, 0.25) is 0 Å². The lowest BCUT2D eigenvalue weighted by molar-refractivity contribution is -0.0793. The summed E-state index contributed by atoms with van der Waals surface area (Å²) in [6.07, 6.45) is 0. The normalized spacial score (nSPS) is 32.3. The van der Waals surface area contributed by atoms with E-state index in [-0.39, 0.29) is 0 Å². The second kappa shape index (κ2) is 1.77. The quantitative estimate of drug-likeness (QED) is 0.251. The lowest BCUT2D eigenvalue weighted by Gasteiger charge is -1.59. The molecule has 1 heterocycles. The van der Waals surface area contributed by atoms with Crippen molar-refractivity contribution in [1.82, 2.24) is 0 Å². The van der Waals surface area contributed by atoms with Gasteiger partial charge in [-0.2, -0.15) is 0 Å². The molecule has 1 aliphatic heterocycles. The average Bonchev–Trinajstić information content (AvgIpc) is 1.86. The van der Waals surface area contributed by atoms with E-state index in [1.165, 1.54) is 0 Å². The molecule has 0 aromatic carbocycles. The van der Waals surface area contributed by atoms with Crippen molar-refractivity contribution in [3.05, 3.63) is 0 Å². The molecule has 0 aromatic rings. The van der Waals surface area contributed by atoms with E-state index < -0.39 is 18.3 Å². The Kier molecular flexibility index (Phi) is 1.28. The van der Waals surface area contributed by atoms with Gasteiger partial charge in [0, 0.05) is 9.24 Å². The minimum atomic E-state index is -1.88. The van der Waals surface area contributed by atoms with E-state index in [9.17, 15) is 4.57 Å². The number of hydrogen-bond acceptors (Lipinski definition) is 4. The van der Waals surface area contributed by atoms with Crippen molar-refractivity contribution >= 4 is 18.3 Å². The molecule has 34 valence electrons. The fourth-order valence-electron chi connectivity index (χ4n) is 0.151.